The number of nitrogens with zero attached hydrogens (tertiary/aromatic N) is 1. The van der Waals surface area contributed by atoms with Gasteiger partial charge < -0.3 is 14.5 Å². The lowest BCUT2D eigenvalue weighted by Crippen LogP contribution is -2.06. The molecule has 0 aliphatic carbocycles. The number of thiazole rings is 1. The van der Waals surface area contributed by atoms with Crippen LogP contribution in [0, 0.1) is 0 Å². The maximum atomic E-state index is 12.1. The number of aromatic amines is 1. The molecule has 4 rings (SSSR count). The summed E-state index contributed by atoms with van der Waals surface area (Å²) in [6, 6.07) is 15.2. The molecule has 0 bridgehead atoms. The van der Waals surface area contributed by atoms with Gasteiger partial charge in [-0.15, -0.1) is 11.3 Å². The molecule has 0 aliphatic rings. The molecule has 0 radical (unpaired) electrons. The standard InChI is InChI=1S/C22H19ClN2O3S/c23-16-6-8-18(9-7-16)27-13-21-25-17(14-29-21)12-28-22(26)10-5-15-11-24-20-4-2-1-3-19(15)20/h1-4,6-9,11,14,24H,5,10,12-13H2. The molecule has 2 aromatic carbocycles. The van der Waals surface area contributed by atoms with Gasteiger partial charge in [0.05, 0.1) is 5.69 Å². The second kappa shape index (κ2) is 9.11. The predicted molar refractivity (Wildman–Crippen MR) is 114 cm³/mol. The number of H-pyrrole nitrogens is 1. The Morgan fingerprint density at radius 2 is 1.93 bits per heavy atom. The number of halogens is 1. The quantitative estimate of drug-likeness (QED) is 0.376. The number of carbonyl (C=O) groups excluding carboxylic acids is 1. The van der Waals surface area contributed by atoms with Crippen molar-refractivity contribution in [1.82, 2.24) is 9.97 Å². The first-order valence-corrected chi connectivity index (χ1v) is 10.5. The van der Waals surface area contributed by atoms with Crippen LogP contribution in [0.2, 0.25) is 5.02 Å². The number of benzene rings is 2. The van der Waals surface area contributed by atoms with Gasteiger partial charge >= 0.3 is 5.97 Å². The summed E-state index contributed by atoms with van der Waals surface area (Å²) >= 11 is 7.34. The number of nitrogens with one attached hydrogen (secondary N) is 1. The van der Waals surface area contributed by atoms with E-state index in [0.717, 1.165) is 32.9 Å². The molecule has 2 heterocycles. The van der Waals surface area contributed by atoms with Crippen LogP contribution in [-0.2, 0) is 29.2 Å². The number of esters is 1. The van der Waals surface area contributed by atoms with Gasteiger partial charge in [0, 0.05) is 33.9 Å². The van der Waals surface area contributed by atoms with Crippen molar-refractivity contribution in [3.63, 3.8) is 0 Å². The van der Waals surface area contributed by atoms with Crippen LogP contribution in [0.5, 0.6) is 5.75 Å². The van der Waals surface area contributed by atoms with Gasteiger partial charge in [-0.05, 0) is 42.3 Å². The Morgan fingerprint density at radius 3 is 2.79 bits per heavy atom. The maximum Gasteiger partial charge on any atom is 0.306 e. The van der Waals surface area contributed by atoms with E-state index in [4.69, 9.17) is 21.1 Å². The number of carbonyl (C=O) groups is 1. The topological polar surface area (TPSA) is 64.2 Å². The van der Waals surface area contributed by atoms with Gasteiger partial charge in [0.15, 0.2) is 0 Å². The number of aryl methyl sites for hydroxylation is 1. The highest BCUT2D eigenvalue weighted by atomic mass is 35.5. The molecule has 0 fully saturated rings. The Bertz CT molecular complexity index is 1100. The monoisotopic (exact) mass is 426 g/mol. The van der Waals surface area contributed by atoms with Crippen LogP contribution in [0.15, 0.2) is 60.1 Å². The van der Waals surface area contributed by atoms with E-state index >= 15 is 0 Å². The summed E-state index contributed by atoms with van der Waals surface area (Å²) in [7, 11) is 0. The number of hydrogen-bond acceptors (Lipinski definition) is 5. The molecule has 148 valence electrons. The van der Waals surface area contributed by atoms with E-state index in [-0.39, 0.29) is 12.6 Å². The Labute approximate surface area is 177 Å². The summed E-state index contributed by atoms with van der Waals surface area (Å²) in [4.78, 5) is 19.8. The molecule has 0 aliphatic heterocycles. The highest BCUT2D eigenvalue weighted by Crippen LogP contribution is 2.20. The van der Waals surface area contributed by atoms with Crippen LogP contribution in [0.1, 0.15) is 22.7 Å². The Morgan fingerprint density at radius 1 is 1.10 bits per heavy atom. The van der Waals surface area contributed by atoms with Crippen LogP contribution >= 0.6 is 22.9 Å². The second-order valence-electron chi connectivity index (χ2n) is 6.50. The fourth-order valence-corrected chi connectivity index (χ4v) is 3.77. The first-order chi connectivity index (χ1) is 14.2. The molecule has 0 unspecified atom stereocenters. The van der Waals surface area contributed by atoms with Gasteiger partial charge in [-0.25, -0.2) is 4.98 Å². The predicted octanol–water partition coefficient (Wildman–Crippen LogP) is 5.53. The minimum atomic E-state index is -0.234. The smallest absolute Gasteiger partial charge is 0.306 e. The second-order valence-corrected chi connectivity index (χ2v) is 7.87. The average molecular weight is 427 g/mol. The number of rotatable bonds is 8. The van der Waals surface area contributed by atoms with E-state index in [1.165, 1.54) is 11.3 Å². The van der Waals surface area contributed by atoms with Gasteiger partial charge in [-0.3, -0.25) is 4.79 Å². The maximum absolute atomic E-state index is 12.1. The molecule has 7 heteroatoms. The van der Waals surface area contributed by atoms with Crippen molar-refractivity contribution in [2.45, 2.75) is 26.1 Å². The summed E-state index contributed by atoms with van der Waals surface area (Å²) < 4.78 is 11.0. The lowest BCUT2D eigenvalue weighted by atomic mass is 10.1. The molecule has 0 amide bonds. The number of ether oxygens (including phenoxy) is 2. The number of aromatic nitrogens is 2. The molecule has 0 saturated heterocycles. The summed E-state index contributed by atoms with van der Waals surface area (Å²) in [6.07, 6.45) is 2.92. The first-order valence-electron chi connectivity index (χ1n) is 9.19. The van der Waals surface area contributed by atoms with Crippen LogP contribution in [0.4, 0.5) is 0 Å². The number of fused-ring (bicyclic) bond motifs is 1. The van der Waals surface area contributed by atoms with Crippen molar-refractivity contribution < 1.29 is 14.3 Å². The van der Waals surface area contributed by atoms with Crippen molar-refractivity contribution in [3.05, 3.63) is 81.4 Å². The molecule has 4 aromatic rings. The average Bonchev–Trinajstić information content (AvgIpc) is 3.37. The minimum absolute atomic E-state index is 0.171. The third-order valence-electron chi connectivity index (χ3n) is 4.43. The Hall–Kier alpha value is -2.83. The summed E-state index contributed by atoms with van der Waals surface area (Å²) in [5, 5.41) is 4.52. The zero-order chi connectivity index (χ0) is 20.1. The van der Waals surface area contributed by atoms with Crippen molar-refractivity contribution in [2.24, 2.45) is 0 Å². The number of para-hydroxylation sites is 1. The fourth-order valence-electron chi connectivity index (χ4n) is 2.96. The molecule has 29 heavy (non-hydrogen) atoms. The largest absolute Gasteiger partial charge is 0.486 e. The van der Waals surface area contributed by atoms with Crippen LogP contribution < -0.4 is 4.74 Å². The molecule has 2 aromatic heterocycles. The van der Waals surface area contributed by atoms with Crippen molar-refractivity contribution >= 4 is 39.8 Å². The summed E-state index contributed by atoms with van der Waals surface area (Å²) in [5.74, 6) is 0.497. The van der Waals surface area contributed by atoms with Gasteiger partial charge in [-0.2, -0.15) is 0 Å². The zero-order valence-electron chi connectivity index (χ0n) is 15.6. The van der Waals surface area contributed by atoms with Gasteiger partial charge in [-0.1, -0.05) is 29.8 Å². The number of hydrogen-bond donors (Lipinski definition) is 1. The molecule has 0 spiro atoms. The van der Waals surface area contributed by atoms with E-state index in [0.29, 0.717) is 24.5 Å². The summed E-state index contributed by atoms with van der Waals surface area (Å²) in [5.41, 5.74) is 2.92. The highest BCUT2D eigenvalue weighted by Gasteiger charge is 2.10. The summed E-state index contributed by atoms with van der Waals surface area (Å²) in [6.45, 7) is 0.533. The molecular weight excluding hydrogens is 408 g/mol. The third-order valence-corrected chi connectivity index (χ3v) is 5.55. The molecule has 1 N–H and O–H groups in total. The lowest BCUT2D eigenvalue weighted by Gasteiger charge is -2.04. The highest BCUT2D eigenvalue weighted by molar-refractivity contribution is 7.09. The molecule has 0 atom stereocenters. The normalized spacial score (nSPS) is 10.9. The van der Waals surface area contributed by atoms with Crippen molar-refractivity contribution in [3.8, 4) is 5.75 Å². The van der Waals surface area contributed by atoms with Crippen molar-refractivity contribution in [2.75, 3.05) is 0 Å². The van der Waals surface area contributed by atoms with Gasteiger partial charge in [0.2, 0.25) is 0 Å². The third kappa shape index (κ3) is 5.16. The zero-order valence-corrected chi connectivity index (χ0v) is 17.1. The Balaban J connectivity index is 1.23. The minimum Gasteiger partial charge on any atom is -0.486 e. The van der Waals surface area contributed by atoms with Gasteiger partial charge in [0.1, 0.15) is 24.0 Å². The lowest BCUT2D eigenvalue weighted by molar-refractivity contribution is -0.145. The molecule has 5 nitrogen and oxygen atoms in total. The van der Waals surface area contributed by atoms with Crippen molar-refractivity contribution in [1.29, 1.82) is 0 Å². The molecular formula is C22H19ClN2O3S. The molecule has 0 saturated carbocycles. The van der Waals surface area contributed by atoms with Gasteiger partial charge in [0.25, 0.3) is 0 Å². The van der Waals surface area contributed by atoms with E-state index < -0.39 is 0 Å². The van der Waals surface area contributed by atoms with E-state index in [1.807, 2.05) is 41.9 Å². The van der Waals surface area contributed by atoms with E-state index in [1.54, 1.807) is 12.1 Å². The Kier molecular flexibility index (Phi) is 6.12. The SMILES string of the molecule is O=C(CCc1c[nH]c2ccccc12)OCc1csc(COc2ccc(Cl)cc2)n1. The fraction of sp³-hybridized carbons (Fsp3) is 0.182. The van der Waals surface area contributed by atoms with Crippen LogP contribution in [0.3, 0.4) is 0 Å². The first kappa shape index (κ1) is 19.5. The van der Waals surface area contributed by atoms with E-state index in [9.17, 15) is 4.79 Å². The van der Waals surface area contributed by atoms with Crippen LogP contribution in [-0.4, -0.2) is 15.9 Å². The van der Waals surface area contributed by atoms with E-state index in [2.05, 4.69) is 16.0 Å². The van der Waals surface area contributed by atoms with Crippen LogP contribution in [0.25, 0.3) is 10.9 Å².